The van der Waals surface area contributed by atoms with Crippen LogP contribution in [0.25, 0.3) is 11.3 Å². The van der Waals surface area contributed by atoms with Gasteiger partial charge in [0.1, 0.15) is 5.56 Å². The van der Waals surface area contributed by atoms with E-state index in [1.807, 2.05) is 42.1 Å². The first-order valence-electron chi connectivity index (χ1n) is 8.57. The number of aryl methyl sites for hydroxylation is 1. The summed E-state index contributed by atoms with van der Waals surface area (Å²) in [7, 11) is 1.94. The first kappa shape index (κ1) is 16.3. The van der Waals surface area contributed by atoms with Gasteiger partial charge in [-0.1, -0.05) is 30.3 Å². The number of hydrogen-bond acceptors (Lipinski definition) is 4. The Morgan fingerprint density at radius 2 is 1.92 bits per heavy atom. The third-order valence-electron chi connectivity index (χ3n) is 4.81. The van der Waals surface area contributed by atoms with E-state index in [2.05, 4.69) is 9.97 Å². The van der Waals surface area contributed by atoms with Crippen LogP contribution in [-0.4, -0.2) is 43.6 Å². The monoisotopic (exact) mass is 349 g/mol. The lowest BCUT2D eigenvalue weighted by Gasteiger charge is -2.19. The van der Waals surface area contributed by atoms with Crippen molar-refractivity contribution in [1.29, 1.82) is 0 Å². The first-order valence-corrected chi connectivity index (χ1v) is 8.57. The van der Waals surface area contributed by atoms with Crippen molar-refractivity contribution in [2.75, 3.05) is 13.1 Å². The van der Waals surface area contributed by atoms with Gasteiger partial charge in [0.05, 0.1) is 12.0 Å². The van der Waals surface area contributed by atoms with Gasteiger partial charge < -0.3 is 9.88 Å². The number of nitrogens with zero attached hydrogens (tertiary/aromatic N) is 4. The molecule has 0 saturated carbocycles. The Morgan fingerprint density at radius 1 is 1.15 bits per heavy atom. The Bertz CT molecular complexity index is 1010. The lowest BCUT2D eigenvalue weighted by atomic mass is 10.0. The van der Waals surface area contributed by atoms with E-state index in [-0.39, 0.29) is 11.5 Å². The summed E-state index contributed by atoms with van der Waals surface area (Å²) in [5.74, 6) is -0.277. The Kier molecular flexibility index (Phi) is 4.12. The first-order chi connectivity index (χ1) is 12.6. The average Bonchev–Trinajstić information content (AvgIpc) is 2.84. The van der Waals surface area contributed by atoms with Crippen LogP contribution < -0.4 is 5.56 Å². The summed E-state index contributed by atoms with van der Waals surface area (Å²) in [4.78, 5) is 32.7. The molecular weight excluding hydrogens is 330 g/mol. The van der Waals surface area contributed by atoms with Crippen LogP contribution in [0.4, 0.5) is 0 Å². The van der Waals surface area contributed by atoms with Gasteiger partial charge in [-0.25, -0.2) is 4.98 Å². The summed E-state index contributed by atoms with van der Waals surface area (Å²) in [5.41, 5.74) is 4.04. The van der Waals surface area contributed by atoms with Crippen molar-refractivity contribution in [3.8, 4) is 11.3 Å². The molecule has 1 aliphatic heterocycles. The maximum absolute atomic E-state index is 12.7. The second-order valence-corrected chi connectivity index (χ2v) is 6.35. The Hall–Kier alpha value is -3.22. The van der Waals surface area contributed by atoms with Gasteiger partial charge >= 0.3 is 0 Å². The normalized spacial score (nSPS) is 14.0. The highest BCUT2D eigenvalue weighted by atomic mass is 16.2. The molecule has 7 heteroatoms. The van der Waals surface area contributed by atoms with E-state index >= 15 is 0 Å². The summed E-state index contributed by atoms with van der Waals surface area (Å²) >= 11 is 0. The fraction of sp³-hybridized carbons (Fsp3) is 0.263. The minimum Gasteiger partial charge on any atom is -0.338 e. The van der Waals surface area contributed by atoms with Gasteiger partial charge in [0.15, 0.2) is 0 Å². The van der Waals surface area contributed by atoms with Gasteiger partial charge in [-0.2, -0.15) is 5.10 Å². The maximum Gasteiger partial charge on any atom is 0.263 e. The molecule has 0 bridgehead atoms. The lowest BCUT2D eigenvalue weighted by Crippen LogP contribution is -2.36. The number of H-pyrrole nitrogens is 1. The lowest BCUT2D eigenvalue weighted by molar-refractivity contribution is 0.0760. The number of fused-ring (bicyclic) bond motifs is 1. The van der Waals surface area contributed by atoms with Crippen molar-refractivity contribution in [2.45, 2.75) is 12.8 Å². The molecule has 1 N–H and O–H groups in total. The summed E-state index contributed by atoms with van der Waals surface area (Å²) in [6.45, 7) is 1.10. The molecule has 0 aliphatic carbocycles. The predicted molar refractivity (Wildman–Crippen MR) is 96.8 cm³/mol. The molecule has 0 saturated heterocycles. The molecular formula is C19H19N5O2. The highest BCUT2D eigenvalue weighted by molar-refractivity contribution is 5.93. The molecule has 1 aromatic carbocycles. The number of aromatic nitrogens is 4. The van der Waals surface area contributed by atoms with E-state index in [1.54, 1.807) is 4.90 Å². The van der Waals surface area contributed by atoms with E-state index in [1.165, 1.54) is 18.1 Å². The molecule has 3 aromatic rings. The van der Waals surface area contributed by atoms with Gasteiger partial charge in [0.2, 0.25) is 0 Å². The number of benzene rings is 1. The minimum atomic E-state index is -0.404. The van der Waals surface area contributed by atoms with Crippen LogP contribution in [0.15, 0.2) is 47.7 Å². The zero-order valence-electron chi connectivity index (χ0n) is 14.5. The molecule has 1 aliphatic rings. The molecule has 0 unspecified atom stereocenters. The van der Waals surface area contributed by atoms with E-state index in [9.17, 15) is 9.59 Å². The molecule has 1 amide bonds. The summed E-state index contributed by atoms with van der Waals surface area (Å²) in [6, 6.07) is 10.1. The van der Waals surface area contributed by atoms with Crippen LogP contribution in [0.2, 0.25) is 0 Å². The zero-order chi connectivity index (χ0) is 18.1. The predicted octanol–water partition coefficient (Wildman–Crippen LogP) is 1.41. The second kappa shape index (κ2) is 6.59. The van der Waals surface area contributed by atoms with Crippen molar-refractivity contribution < 1.29 is 4.79 Å². The van der Waals surface area contributed by atoms with Crippen LogP contribution in [0, 0.1) is 0 Å². The van der Waals surface area contributed by atoms with Gasteiger partial charge in [0.25, 0.3) is 11.5 Å². The molecule has 0 radical (unpaired) electrons. The van der Waals surface area contributed by atoms with E-state index in [0.29, 0.717) is 25.9 Å². The van der Waals surface area contributed by atoms with Crippen molar-refractivity contribution in [2.24, 2.45) is 7.05 Å². The molecule has 132 valence electrons. The minimum absolute atomic E-state index is 0.0832. The van der Waals surface area contributed by atoms with Crippen molar-refractivity contribution in [1.82, 2.24) is 24.6 Å². The number of aromatic amines is 1. The average molecular weight is 349 g/mol. The molecule has 0 atom stereocenters. The van der Waals surface area contributed by atoms with Crippen molar-refractivity contribution >= 4 is 5.91 Å². The van der Waals surface area contributed by atoms with E-state index in [4.69, 9.17) is 5.10 Å². The van der Waals surface area contributed by atoms with E-state index < -0.39 is 5.56 Å². The Labute approximate surface area is 150 Å². The number of amides is 1. The van der Waals surface area contributed by atoms with E-state index in [0.717, 1.165) is 17.0 Å². The largest absolute Gasteiger partial charge is 0.338 e. The fourth-order valence-electron chi connectivity index (χ4n) is 3.48. The van der Waals surface area contributed by atoms with Crippen molar-refractivity contribution in [3.05, 3.63) is 70.0 Å². The summed E-state index contributed by atoms with van der Waals surface area (Å²) < 4.78 is 1.91. The summed E-state index contributed by atoms with van der Waals surface area (Å²) in [6.07, 6.45) is 4.03. The zero-order valence-corrected chi connectivity index (χ0v) is 14.5. The van der Waals surface area contributed by atoms with Crippen LogP contribution in [-0.2, 0) is 19.9 Å². The highest BCUT2D eigenvalue weighted by Gasteiger charge is 2.26. The smallest absolute Gasteiger partial charge is 0.263 e. The fourth-order valence-corrected chi connectivity index (χ4v) is 3.48. The van der Waals surface area contributed by atoms with Crippen LogP contribution in [0.5, 0.6) is 0 Å². The number of carbonyl (C=O) groups is 1. The second-order valence-electron chi connectivity index (χ2n) is 6.35. The number of rotatable bonds is 2. The molecule has 0 fully saturated rings. The quantitative estimate of drug-likeness (QED) is 0.758. The van der Waals surface area contributed by atoms with Gasteiger partial charge in [-0.15, -0.1) is 0 Å². The van der Waals surface area contributed by atoms with Crippen LogP contribution in [0.1, 0.15) is 21.6 Å². The molecule has 26 heavy (non-hydrogen) atoms. The maximum atomic E-state index is 12.7. The molecule has 4 rings (SSSR count). The number of hydrogen-bond donors (Lipinski definition) is 1. The van der Waals surface area contributed by atoms with Crippen molar-refractivity contribution in [3.63, 3.8) is 0 Å². The number of nitrogens with one attached hydrogen (secondary N) is 1. The van der Waals surface area contributed by atoms with Crippen LogP contribution >= 0.6 is 0 Å². The highest BCUT2D eigenvalue weighted by Crippen LogP contribution is 2.28. The Morgan fingerprint density at radius 3 is 2.69 bits per heavy atom. The van der Waals surface area contributed by atoms with Gasteiger partial charge in [-0.05, 0) is 6.42 Å². The SMILES string of the molecule is Cn1nc(-c2ccccc2)c2c1CCN(C(=O)c1cnc[nH]c1=O)CC2. The third kappa shape index (κ3) is 2.81. The van der Waals surface area contributed by atoms with Gasteiger partial charge in [0, 0.05) is 49.6 Å². The third-order valence-corrected chi connectivity index (χ3v) is 4.81. The number of carbonyl (C=O) groups excluding carboxylic acids is 1. The topological polar surface area (TPSA) is 83.9 Å². The summed E-state index contributed by atoms with van der Waals surface area (Å²) in [5, 5.41) is 4.69. The Balaban J connectivity index is 1.63. The van der Waals surface area contributed by atoms with Gasteiger partial charge in [-0.3, -0.25) is 14.3 Å². The van der Waals surface area contributed by atoms with Crippen LogP contribution in [0.3, 0.4) is 0 Å². The molecule has 0 spiro atoms. The standard InChI is InChI=1S/C19H19N5O2/c1-23-16-8-10-24(19(26)15-11-20-12-21-18(15)25)9-7-14(16)17(22-23)13-5-3-2-4-6-13/h2-6,11-12H,7-10H2,1H3,(H,20,21,25). The molecule has 7 nitrogen and oxygen atoms in total. The molecule has 2 aromatic heterocycles. The molecule has 3 heterocycles.